The monoisotopic (exact) mass is 323 g/mol. The Hall–Kier alpha value is -2.66. The van der Waals surface area contributed by atoms with Crippen molar-refractivity contribution in [2.24, 2.45) is 5.92 Å². The first kappa shape index (κ1) is 16.2. The quantitative estimate of drug-likeness (QED) is 0.810. The lowest BCUT2D eigenvalue weighted by molar-refractivity contribution is -0.119. The van der Waals surface area contributed by atoms with E-state index in [9.17, 15) is 9.59 Å². The zero-order valence-corrected chi connectivity index (χ0v) is 13.6. The van der Waals surface area contributed by atoms with Gasteiger partial charge in [-0.1, -0.05) is 24.3 Å². The lowest BCUT2D eigenvalue weighted by Crippen LogP contribution is -2.25. The predicted molar refractivity (Wildman–Crippen MR) is 95.2 cm³/mol. The highest BCUT2D eigenvalue weighted by atomic mass is 16.2. The van der Waals surface area contributed by atoms with E-state index in [1.165, 1.54) is 0 Å². The largest absolute Gasteiger partial charge is 0.325 e. The molecule has 0 bridgehead atoms. The lowest BCUT2D eigenvalue weighted by atomic mass is 10.1. The first-order valence-electron chi connectivity index (χ1n) is 8.12. The summed E-state index contributed by atoms with van der Waals surface area (Å²) in [6, 6.07) is 14.6. The summed E-state index contributed by atoms with van der Waals surface area (Å²) in [4.78, 5) is 24.5. The maximum atomic E-state index is 12.3. The first-order chi connectivity index (χ1) is 11.6. The summed E-state index contributed by atoms with van der Waals surface area (Å²) >= 11 is 0. The number of amides is 2. The minimum atomic E-state index is -0.170. The van der Waals surface area contributed by atoms with Crippen LogP contribution in [0.5, 0.6) is 0 Å². The number of aryl methyl sites for hydroxylation is 1. The van der Waals surface area contributed by atoms with E-state index in [4.69, 9.17) is 0 Å². The number of carbonyl (C=O) groups excluding carboxylic acids is 2. The maximum absolute atomic E-state index is 12.3. The molecule has 2 amide bonds. The Kier molecular flexibility index (Phi) is 4.91. The Bertz CT molecular complexity index is 738. The average Bonchev–Trinajstić information content (AvgIpc) is 3.13. The van der Waals surface area contributed by atoms with Gasteiger partial charge < -0.3 is 16.0 Å². The molecule has 1 aliphatic rings. The third-order valence-corrected chi connectivity index (χ3v) is 4.22. The number of hydrogen-bond acceptors (Lipinski definition) is 3. The number of hydrogen-bond donors (Lipinski definition) is 3. The van der Waals surface area contributed by atoms with Crippen LogP contribution < -0.4 is 16.0 Å². The van der Waals surface area contributed by atoms with Crippen molar-refractivity contribution in [2.45, 2.75) is 13.3 Å². The third-order valence-electron chi connectivity index (χ3n) is 4.22. The summed E-state index contributed by atoms with van der Waals surface area (Å²) in [6.45, 7) is 3.53. The molecule has 24 heavy (non-hydrogen) atoms. The highest BCUT2D eigenvalue weighted by molar-refractivity contribution is 6.04. The van der Waals surface area contributed by atoms with Crippen LogP contribution in [-0.2, 0) is 4.79 Å². The highest BCUT2D eigenvalue weighted by Crippen LogP contribution is 2.22. The van der Waals surface area contributed by atoms with Crippen LogP contribution in [0, 0.1) is 12.8 Å². The van der Waals surface area contributed by atoms with Crippen LogP contribution in [0.1, 0.15) is 22.3 Å². The molecule has 0 radical (unpaired) electrons. The number of rotatable bonds is 4. The molecule has 2 aromatic carbocycles. The molecule has 1 saturated heterocycles. The van der Waals surface area contributed by atoms with Gasteiger partial charge in [-0.2, -0.15) is 0 Å². The molecule has 5 heteroatoms. The fourth-order valence-corrected chi connectivity index (χ4v) is 2.74. The molecule has 3 N–H and O–H groups in total. The van der Waals surface area contributed by atoms with Crippen molar-refractivity contribution in [3.8, 4) is 0 Å². The molecule has 3 rings (SSSR count). The standard InChI is InChI=1S/C19H21N3O2/c1-13-7-8-16(21-18(23)14-5-3-2-4-6-14)11-17(13)22-19(24)15-9-10-20-12-15/h2-8,11,15,20H,9-10,12H2,1H3,(H,21,23)(H,22,24). The van der Waals surface area contributed by atoms with Crippen molar-refractivity contribution >= 4 is 23.2 Å². The van der Waals surface area contributed by atoms with Crippen LogP contribution in [0.25, 0.3) is 0 Å². The maximum Gasteiger partial charge on any atom is 0.255 e. The van der Waals surface area contributed by atoms with Gasteiger partial charge in [0.15, 0.2) is 0 Å². The van der Waals surface area contributed by atoms with Crippen molar-refractivity contribution in [1.29, 1.82) is 0 Å². The van der Waals surface area contributed by atoms with Gasteiger partial charge in [0.1, 0.15) is 0 Å². The van der Waals surface area contributed by atoms with E-state index in [2.05, 4.69) is 16.0 Å². The van der Waals surface area contributed by atoms with Gasteiger partial charge in [0, 0.05) is 23.5 Å². The van der Waals surface area contributed by atoms with E-state index in [0.717, 1.165) is 30.8 Å². The van der Waals surface area contributed by atoms with E-state index in [1.807, 2.05) is 37.3 Å². The van der Waals surface area contributed by atoms with E-state index < -0.39 is 0 Å². The second-order valence-electron chi connectivity index (χ2n) is 6.03. The van der Waals surface area contributed by atoms with Crippen LogP contribution in [0.15, 0.2) is 48.5 Å². The topological polar surface area (TPSA) is 70.2 Å². The molecular weight excluding hydrogens is 302 g/mol. The molecule has 0 aliphatic carbocycles. The summed E-state index contributed by atoms with van der Waals surface area (Å²) in [5, 5.41) is 9.03. The SMILES string of the molecule is Cc1ccc(NC(=O)c2ccccc2)cc1NC(=O)C1CCNC1. The third kappa shape index (κ3) is 3.81. The Labute approximate surface area is 141 Å². The number of benzene rings is 2. The summed E-state index contributed by atoms with van der Waals surface area (Å²) in [5.74, 6) is -0.140. The van der Waals surface area contributed by atoms with Crippen molar-refractivity contribution in [3.05, 3.63) is 59.7 Å². The Morgan fingerprint density at radius 3 is 2.58 bits per heavy atom. The normalized spacial score (nSPS) is 16.6. The van der Waals surface area contributed by atoms with Gasteiger partial charge in [-0.25, -0.2) is 0 Å². The van der Waals surface area contributed by atoms with Crippen LogP contribution in [0.4, 0.5) is 11.4 Å². The van der Waals surface area contributed by atoms with E-state index in [-0.39, 0.29) is 17.7 Å². The summed E-state index contributed by atoms with van der Waals surface area (Å²) in [5.41, 5.74) is 2.96. The second kappa shape index (κ2) is 7.27. The van der Waals surface area contributed by atoms with Gasteiger partial charge in [0.05, 0.1) is 5.92 Å². The molecule has 1 heterocycles. The number of nitrogens with one attached hydrogen (secondary N) is 3. The van der Waals surface area contributed by atoms with Crippen molar-refractivity contribution in [3.63, 3.8) is 0 Å². The highest BCUT2D eigenvalue weighted by Gasteiger charge is 2.22. The summed E-state index contributed by atoms with van der Waals surface area (Å²) in [7, 11) is 0. The fourth-order valence-electron chi connectivity index (χ4n) is 2.74. The Balaban J connectivity index is 1.71. The molecule has 0 aromatic heterocycles. The van der Waals surface area contributed by atoms with Crippen molar-refractivity contribution in [2.75, 3.05) is 23.7 Å². The minimum absolute atomic E-state index is 0.00645. The molecule has 1 unspecified atom stereocenters. The first-order valence-corrected chi connectivity index (χ1v) is 8.12. The fraction of sp³-hybridized carbons (Fsp3) is 0.263. The van der Waals surface area contributed by atoms with Crippen LogP contribution in [0.2, 0.25) is 0 Å². The molecule has 124 valence electrons. The van der Waals surface area contributed by atoms with Crippen LogP contribution in [-0.4, -0.2) is 24.9 Å². The lowest BCUT2D eigenvalue weighted by Gasteiger charge is -2.14. The van der Waals surface area contributed by atoms with E-state index in [1.54, 1.807) is 18.2 Å². The van der Waals surface area contributed by atoms with E-state index >= 15 is 0 Å². The number of anilines is 2. The van der Waals surface area contributed by atoms with Gasteiger partial charge in [0.25, 0.3) is 5.91 Å². The predicted octanol–water partition coefficient (Wildman–Crippen LogP) is 2.80. The van der Waals surface area contributed by atoms with Crippen LogP contribution >= 0.6 is 0 Å². The van der Waals surface area contributed by atoms with Gasteiger partial charge in [0.2, 0.25) is 5.91 Å². The van der Waals surface area contributed by atoms with Crippen LogP contribution in [0.3, 0.4) is 0 Å². The van der Waals surface area contributed by atoms with Crippen molar-refractivity contribution < 1.29 is 9.59 Å². The summed E-state index contributed by atoms with van der Waals surface area (Å²) < 4.78 is 0. The molecule has 0 saturated carbocycles. The molecular formula is C19H21N3O2. The zero-order valence-electron chi connectivity index (χ0n) is 13.6. The number of carbonyl (C=O) groups is 2. The van der Waals surface area contributed by atoms with Crippen molar-refractivity contribution in [1.82, 2.24) is 5.32 Å². The van der Waals surface area contributed by atoms with E-state index in [0.29, 0.717) is 11.3 Å². The van der Waals surface area contributed by atoms with Gasteiger partial charge in [-0.3, -0.25) is 9.59 Å². The molecule has 5 nitrogen and oxygen atoms in total. The molecule has 1 aliphatic heterocycles. The smallest absolute Gasteiger partial charge is 0.255 e. The molecule has 1 fully saturated rings. The summed E-state index contributed by atoms with van der Waals surface area (Å²) in [6.07, 6.45) is 0.856. The molecule has 0 spiro atoms. The molecule has 2 aromatic rings. The average molecular weight is 323 g/mol. The Morgan fingerprint density at radius 1 is 1.08 bits per heavy atom. The Morgan fingerprint density at radius 2 is 1.88 bits per heavy atom. The van der Waals surface area contributed by atoms with Gasteiger partial charge >= 0.3 is 0 Å². The second-order valence-corrected chi connectivity index (χ2v) is 6.03. The van der Waals surface area contributed by atoms with Gasteiger partial charge in [-0.05, 0) is 49.7 Å². The zero-order chi connectivity index (χ0) is 16.9. The minimum Gasteiger partial charge on any atom is -0.325 e. The molecule has 1 atom stereocenters. The van der Waals surface area contributed by atoms with Gasteiger partial charge in [-0.15, -0.1) is 0 Å².